The van der Waals surface area contributed by atoms with Gasteiger partial charge in [-0.3, -0.25) is 9.69 Å². The molecule has 0 unspecified atom stereocenters. The Bertz CT molecular complexity index is 462. The van der Waals surface area contributed by atoms with Gasteiger partial charge in [-0.25, -0.2) is 0 Å². The molecule has 6 heteroatoms. The summed E-state index contributed by atoms with van der Waals surface area (Å²) in [7, 11) is 0. The predicted molar refractivity (Wildman–Crippen MR) is 88.4 cm³/mol. The molecule has 0 aromatic heterocycles. The number of amides is 1. The Morgan fingerprint density at radius 1 is 1.14 bits per heavy atom. The van der Waals surface area contributed by atoms with Crippen LogP contribution in [-0.4, -0.2) is 50.6 Å². The third-order valence-electron chi connectivity index (χ3n) is 3.77. The second-order valence-electron chi connectivity index (χ2n) is 5.18. The van der Waals surface area contributed by atoms with E-state index >= 15 is 0 Å². The van der Waals surface area contributed by atoms with Crippen LogP contribution in [0.3, 0.4) is 0 Å². The van der Waals surface area contributed by atoms with Gasteiger partial charge in [-0.1, -0.05) is 29.3 Å². The van der Waals surface area contributed by atoms with Crippen LogP contribution in [-0.2, 0) is 4.79 Å². The van der Waals surface area contributed by atoms with Crippen molar-refractivity contribution in [3.05, 3.63) is 28.2 Å². The van der Waals surface area contributed by atoms with Gasteiger partial charge in [-0.15, -0.1) is 0 Å². The third kappa shape index (κ3) is 4.77. The molecule has 0 radical (unpaired) electrons. The molecule has 1 aromatic carbocycles. The van der Waals surface area contributed by atoms with Crippen LogP contribution in [0.2, 0.25) is 10.0 Å². The number of anilines is 1. The van der Waals surface area contributed by atoms with Gasteiger partial charge < -0.3 is 10.2 Å². The second kappa shape index (κ2) is 8.47. The Kier molecular flexibility index (Phi) is 6.61. The average molecular weight is 330 g/mol. The summed E-state index contributed by atoms with van der Waals surface area (Å²) in [6.07, 6.45) is 2.89. The molecule has 0 spiro atoms. The number of hydrogen-bond acceptors (Lipinski definition) is 3. The highest BCUT2D eigenvalue weighted by Crippen LogP contribution is 2.32. The van der Waals surface area contributed by atoms with Gasteiger partial charge in [-0.05, 0) is 31.5 Å². The van der Waals surface area contributed by atoms with Crippen molar-refractivity contribution >= 4 is 35.3 Å². The van der Waals surface area contributed by atoms with Gasteiger partial charge in [-0.2, -0.15) is 0 Å². The number of hydrogen-bond donors (Lipinski definition) is 1. The summed E-state index contributed by atoms with van der Waals surface area (Å²) in [6.45, 7) is 5.84. The summed E-state index contributed by atoms with van der Waals surface area (Å²) in [5, 5.41) is 3.95. The van der Waals surface area contributed by atoms with E-state index in [4.69, 9.17) is 23.2 Å². The maximum absolute atomic E-state index is 10.1. The van der Waals surface area contributed by atoms with Crippen molar-refractivity contribution in [1.29, 1.82) is 0 Å². The van der Waals surface area contributed by atoms with Crippen LogP contribution in [0, 0.1) is 0 Å². The first kappa shape index (κ1) is 16.4. The topological polar surface area (TPSA) is 35.6 Å². The molecule has 1 N–H and O–H groups in total. The van der Waals surface area contributed by atoms with E-state index in [1.165, 1.54) is 0 Å². The van der Waals surface area contributed by atoms with E-state index in [-0.39, 0.29) is 0 Å². The van der Waals surface area contributed by atoms with Gasteiger partial charge in [0, 0.05) is 32.7 Å². The maximum Gasteiger partial charge on any atom is 0.207 e. The number of unbranched alkanes of at least 4 members (excludes halogenated alkanes) is 1. The molecule has 1 amide bonds. The van der Waals surface area contributed by atoms with Crippen LogP contribution < -0.4 is 10.2 Å². The highest BCUT2D eigenvalue weighted by atomic mass is 35.5. The summed E-state index contributed by atoms with van der Waals surface area (Å²) < 4.78 is 0. The van der Waals surface area contributed by atoms with Crippen molar-refractivity contribution < 1.29 is 4.79 Å². The fourth-order valence-electron chi connectivity index (χ4n) is 2.57. The number of nitrogens with zero attached hydrogens (tertiary/aromatic N) is 2. The first-order valence-electron chi connectivity index (χ1n) is 7.30. The van der Waals surface area contributed by atoms with Crippen LogP contribution >= 0.6 is 23.2 Å². The minimum Gasteiger partial charge on any atom is -0.368 e. The van der Waals surface area contributed by atoms with Gasteiger partial charge in [0.15, 0.2) is 0 Å². The number of piperazine rings is 1. The van der Waals surface area contributed by atoms with E-state index in [2.05, 4.69) is 15.1 Å². The maximum atomic E-state index is 10.1. The highest BCUT2D eigenvalue weighted by Gasteiger charge is 2.19. The fourth-order valence-corrected chi connectivity index (χ4v) is 2.99. The van der Waals surface area contributed by atoms with E-state index < -0.39 is 0 Å². The van der Waals surface area contributed by atoms with E-state index in [1.807, 2.05) is 18.2 Å². The first-order chi connectivity index (χ1) is 10.2. The number of carbonyl (C=O) groups excluding carboxylic acids is 1. The van der Waals surface area contributed by atoms with Crippen LogP contribution in [0.15, 0.2) is 18.2 Å². The molecule has 1 aliphatic rings. The van der Waals surface area contributed by atoms with E-state index in [1.54, 1.807) is 0 Å². The third-order valence-corrected chi connectivity index (χ3v) is 4.58. The minimum absolute atomic E-state index is 0.610. The van der Waals surface area contributed by atoms with Crippen LogP contribution in [0.1, 0.15) is 12.8 Å². The number of rotatable bonds is 7. The monoisotopic (exact) mass is 329 g/mol. The van der Waals surface area contributed by atoms with Crippen molar-refractivity contribution in [1.82, 2.24) is 10.2 Å². The number of benzene rings is 1. The molecule has 116 valence electrons. The normalized spacial score (nSPS) is 16.0. The lowest BCUT2D eigenvalue weighted by Gasteiger charge is -2.36. The van der Waals surface area contributed by atoms with Crippen molar-refractivity contribution in [2.45, 2.75) is 12.8 Å². The van der Waals surface area contributed by atoms with Crippen LogP contribution in [0.25, 0.3) is 0 Å². The van der Waals surface area contributed by atoms with E-state index in [0.717, 1.165) is 64.2 Å². The number of nitrogens with one attached hydrogen (secondary N) is 1. The van der Waals surface area contributed by atoms with Crippen molar-refractivity contribution in [2.75, 3.05) is 44.2 Å². The molecule has 4 nitrogen and oxygen atoms in total. The van der Waals surface area contributed by atoms with Crippen LogP contribution in [0.4, 0.5) is 5.69 Å². The Balaban J connectivity index is 1.75. The molecule has 0 saturated carbocycles. The predicted octanol–water partition coefficient (Wildman–Crippen LogP) is 2.64. The molecule has 0 atom stereocenters. The van der Waals surface area contributed by atoms with Crippen molar-refractivity contribution in [2.24, 2.45) is 0 Å². The zero-order valence-corrected chi connectivity index (χ0v) is 13.5. The summed E-state index contributed by atoms with van der Waals surface area (Å²) in [6, 6.07) is 5.78. The number of halogens is 2. The molecule has 1 heterocycles. The zero-order valence-electron chi connectivity index (χ0n) is 12.0. The van der Waals surface area contributed by atoms with E-state index in [0.29, 0.717) is 10.0 Å². The smallest absolute Gasteiger partial charge is 0.207 e. The van der Waals surface area contributed by atoms with Crippen molar-refractivity contribution in [3.8, 4) is 0 Å². The lowest BCUT2D eigenvalue weighted by atomic mass is 10.2. The highest BCUT2D eigenvalue weighted by molar-refractivity contribution is 6.43. The zero-order chi connectivity index (χ0) is 15.1. The largest absolute Gasteiger partial charge is 0.368 e. The molecule has 1 saturated heterocycles. The van der Waals surface area contributed by atoms with Gasteiger partial charge in [0.25, 0.3) is 0 Å². The number of carbonyl (C=O) groups is 1. The first-order valence-corrected chi connectivity index (χ1v) is 8.06. The average Bonchev–Trinajstić information content (AvgIpc) is 2.51. The SMILES string of the molecule is O=CNCCCCN1CCN(c2cccc(Cl)c2Cl)CC1. The minimum atomic E-state index is 0.610. The molecule has 21 heavy (non-hydrogen) atoms. The van der Waals surface area contributed by atoms with Crippen molar-refractivity contribution in [3.63, 3.8) is 0 Å². The standard InChI is InChI=1S/C15H21Cl2N3O/c16-13-4-3-5-14(15(13)17)20-10-8-19(9-11-20)7-2-1-6-18-12-21/h3-5,12H,1-2,6-11H2,(H,18,21). The van der Waals surface area contributed by atoms with Gasteiger partial charge in [0.05, 0.1) is 15.7 Å². The Labute approximate surface area is 136 Å². The second-order valence-corrected chi connectivity index (χ2v) is 5.97. The lowest BCUT2D eigenvalue weighted by Crippen LogP contribution is -2.46. The lowest BCUT2D eigenvalue weighted by molar-refractivity contribution is -0.109. The molecular formula is C15H21Cl2N3O. The van der Waals surface area contributed by atoms with Crippen LogP contribution in [0.5, 0.6) is 0 Å². The fraction of sp³-hybridized carbons (Fsp3) is 0.533. The Morgan fingerprint density at radius 3 is 2.62 bits per heavy atom. The molecule has 1 aliphatic heterocycles. The van der Waals surface area contributed by atoms with Gasteiger partial charge in [0.2, 0.25) is 6.41 Å². The molecular weight excluding hydrogens is 309 g/mol. The van der Waals surface area contributed by atoms with Gasteiger partial charge >= 0.3 is 0 Å². The summed E-state index contributed by atoms with van der Waals surface area (Å²) in [5.74, 6) is 0. The summed E-state index contributed by atoms with van der Waals surface area (Å²) in [5.41, 5.74) is 1.03. The summed E-state index contributed by atoms with van der Waals surface area (Å²) in [4.78, 5) is 14.9. The molecule has 0 bridgehead atoms. The Morgan fingerprint density at radius 2 is 1.90 bits per heavy atom. The molecule has 2 rings (SSSR count). The van der Waals surface area contributed by atoms with Gasteiger partial charge in [0.1, 0.15) is 0 Å². The van der Waals surface area contributed by atoms with E-state index in [9.17, 15) is 4.79 Å². The molecule has 1 fully saturated rings. The quantitative estimate of drug-likeness (QED) is 0.617. The molecule has 0 aliphatic carbocycles. The molecule has 1 aromatic rings. The Hall–Kier alpha value is -0.970. The summed E-state index contributed by atoms with van der Waals surface area (Å²) >= 11 is 12.3.